The maximum Gasteiger partial charge on any atom is 0.197 e. The van der Waals surface area contributed by atoms with Crippen molar-refractivity contribution in [2.24, 2.45) is 15.2 Å². The van der Waals surface area contributed by atoms with E-state index in [2.05, 4.69) is 20.0 Å². The lowest BCUT2D eigenvalue weighted by Crippen LogP contribution is -2.07. The third kappa shape index (κ3) is 1.04. The smallest absolute Gasteiger partial charge is 0.197 e. The van der Waals surface area contributed by atoms with Crippen LogP contribution in [0.3, 0.4) is 0 Å². The third-order valence-corrected chi connectivity index (χ3v) is 0.752. The van der Waals surface area contributed by atoms with Gasteiger partial charge >= 0.3 is 0 Å². The predicted octanol–water partition coefficient (Wildman–Crippen LogP) is -0.386. The summed E-state index contributed by atoms with van der Waals surface area (Å²) in [5, 5.41) is 17.2. The molecule has 48 valence electrons. The lowest BCUT2D eigenvalue weighted by molar-refractivity contribution is -0.355. The van der Waals surface area contributed by atoms with Crippen LogP contribution in [0, 0.1) is 0 Å². The molecule has 9 heavy (non-hydrogen) atoms. The van der Waals surface area contributed by atoms with Gasteiger partial charge in [-0.3, -0.25) is 0 Å². The number of rotatable bonds is 1. The number of nitrogens with zero attached hydrogens (tertiary/aromatic N) is 3. The highest BCUT2D eigenvalue weighted by Crippen LogP contribution is 2.07. The van der Waals surface area contributed by atoms with Crippen LogP contribution in [0.4, 0.5) is 0 Å². The lowest BCUT2D eigenvalue weighted by atomic mass is 10.8. The van der Waals surface area contributed by atoms with E-state index in [1.807, 2.05) is 0 Å². The van der Waals surface area contributed by atoms with Crippen LogP contribution < -0.4 is 5.11 Å². The Labute approximate surface area is 51.4 Å². The highest BCUT2D eigenvalue weighted by Gasteiger charge is 1.96. The lowest BCUT2D eigenvalue weighted by Gasteiger charge is -2.06. The Morgan fingerprint density at radius 2 is 2.56 bits per heavy atom. The van der Waals surface area contributed by atoms with Gasteiger partial charge in [0.1, 0.15) is 6.34 Å². The number of hydrogen-bond donors (Lipinski definition) is 0. The minimum atomic E-state index is -0.563. The van der Waals surface area contributed by atoms with Gasteiger partial charge in [0.2, 0.25) is 0 Å². The van der Waals surface area contributed by atoms with E-state index < -0.39 is 5.95 Å². The maximum absolute atomic E-state index is 10.5. The quantitative estimate of drug-likeness (QED) is 0.449. The Hall–Kier alpha value is -1.39. The molecule has 5 nitrogen and oxygen atoms in total. The number of ether oxygens (including phenoxy) is 1. The summed E-state index contributed by atoms with van der Waals surface area (Å²) in [5.74, 6) is -0.565. The minimum Gasteiger partial charge on any atom is -0.614 e. The molecule has 0 aromatic carbocycles. The first-order valence-corrected chi connectivity index (χ1v) is 2.23. The Morgan fingerprint density at radius 1 is 1.78 bits per heavy atom. The second kappa shape index (κ2) is 2.25. The molecule has 0 spiro atoms. The number of hydrogen-bond acceptors (Lipinski definition) is 5. The molecule has 0 aliphatic carbocycles. The highest BCUT2D eigenvalue weighted by molar-refractivity contribution is 5.58. The molecule has 0 radical (unpaired) electrons. The first-order chi connectivity index (χ1) is 4.34. The SMILES string of the molecule is COC([O-])=C1N=CN=N1. The zero-order valence-corrected chi connectivity index (χ0v) is 4.74. The number of methoxy groups -OCH3 is 1. The van der Waals surface area contributed by atoms with Crippen LogP contribution in [-0.2, 0) is 4.74 Å². The molecule has 1 aliphatic heterocycles. The molecule has 0 aromatic heterocycles. The summed E-state index contributed by atoms with van der Waals surface area (Å²) in [6, 6.07) is 0. The summed E-state index contributed by atoms with van der Waals surface area (Å²) >= 11 is 0. The van der Waals surface area contributed by atoms with Crippen LogP contribution in [0.25, 0.3) is 0 Å². The normalized spacial score (nSPS) is 20.6. The predicted molar refractivity (Wildman–Crippen MR) is 27.4 cm³/mol. The van der Waals surface area contributed by atoms with E-state index in [9.17, 15) is 5.11 Å². The summed E-state index contributed by atoms with van der Waals surface area (Å²) in [5.41, 5.74) is 0. The Morgan fingerprint density at radius 3 is 3.00 bits per heavy atom. The van der Waals surface area contributed by atoms with Crippen molar-refractivity contribution in [1.82, 2.24) is 0 Å². The summed E-state index contributed by atoms with van der Waals surface area (Å²) in [6.45, 7) is 0. The van der Waals surface area contributed by atoms with Crippen molar-refractivity contribution in [3.63, 3.8) is 0 Å². The Kier molecular flexibility index (Phi) is 1.44. The van der Waals surface area contributed by atoms with Crippen LogP contribution in [-0.4, -0.2) is 13.4 Å². The van der Waals surface area contributed by atoms with Gasteiger partial charge in [0.15, 0.2) is 5.82 Å². The zero-order valence-electron chi connectivity index (χ0n) is 4.74. The van der Waals surface area contributed by atoms with Gasteiger partial charge in [-0.05, 0) is 7.11 Å². The maximum atomic E-state index is 10.5. The largest absolute Gasteiger partial charge is 0.614 e. The van der Waals surface area contributed by atoms with Crippen molar-refractivity contribution in [2.45, 2.75) is 0 Å². The fourth-order valence-electron chi connectivity index (χ4n) is 0.372. The van der Waals surface area contributed by atoms with Gasteiger partial charge in [0, 0.05) is 0 Å². The van der Waals surface area contributed by atoms with Gasteiger partial charge in [0.25, 0.3) is 0 Å². The molecule has 5 heteroatoms. The van der Waals surface area contributed by atoms with E-state index in [0.717, 1.165) is 0 Å². The molecule has 0 N–H and O–H groups in total. The zero-order chi connectivity index (χ0) is 6.69. The third-order valence-electron chi connectivity index (χ3n) is 0.752. The molecule has 0 aromatic rings. The van der Waals surface area contributed by atoms with Gasteiger partial charge in [-0.25, -0.2) is 4.99 Å². The fourth-order valence-corrected chi connectivity index (χ4v) is 0.372. The van der Waals surface area contributed by atoms with Crippen molar-refractivity contribution in [2.75, 3.05) is 7.11 Å². The molecule has 1 rings (SSSR count). The van der Waals surface area contributed by atoms with Crippen molar-refractivity contribution in [3.8, 4) is 0 Å². The highest BCUT2D eigenvalue weighted by atomic mass is 16.6. The van der Waals surface area contributed by atoms with E-state index in [-0.39, 0.29) is 5.82 Å². The number of azo groups is 1. The summed E-state index contributed by atoms with van der Waals surface area (Å²) in [7, 11) is 1.26. The van der Waals surface area contributed by atoms with Crippen LogP contribution in [0.1, 0.15) is 0 Å². The summed E-state index contributed by atoms with van der Waals surface area (Å²) in [6.07, 6.45) is 1.19. The van der Waals surface area contributed by atoms with Crippen LogP contribution in [0.2, 0.25) is 0 Å². The van der Waals surface area contributed by atoms with Gasteiger partial charge in [-0.15, -0.1) is 10.2 Å². The van der Waals surface area contributed by atoms with Crippen molar-refractivity contribution >= 4 is 6.34 Å². The molecule has 0 unspecified atom stereocenters. The molecular weight excluding hydrogens is 122 g/mol. The van der Waals surface area contributed by atoms with E-state index in [4.69, 9.17) is 0 Å². The molecule has 0 saturated heterocycles. The molecular formula is C4H4N3O2-. The number of aliphatic imine (C=N–C) groups is 1. The van der Waals surface area contributed by atoms with Gasteiger partial charge < -0.3 is 9.84 Å². The Bertz CT molecular complexity index is 180. The standard InChI is InChI=1S/C4H5N3O2/c1-9-4(8)3-5-2-6-7-3/h2,8H,1H3/p-1. The van der Waals surface area contributed by atoms with Gasteiger partial charge in [0.05, 0.1) is 5.95 Å². The van der Waals surface area contributed by atoms with E-state index in [1.165, 1.54) is 13.4 Å². The monoisotopic (exact) mass is 126 g/mol. The fraction of sp³-hybridized carbons (Fsp3) is 0.250. The van der Waals surface area contributed by atoms with Crippen LogP contribution in [0.5, 0.6) is 0 Å². The first-order valence-electron chi connectivity index (χ1n) is 2.23. The molecule has 0 atom stereocenters. The van der Waals surface area contributed by atoms with Crippen LogP contribution >= 0.6 is 0 Å². The molecule has 0 fully saturated rings. The van der Waals surface area contributed by atoms with Crippen molar-refractivity contribution in [3.05, 3.63) is 11.8 Å². The van der Waals surface area contributed by atoms with Gasteiger partial charge in [-0.2, -0.15) is 0 Å². The topological polar surface area (TPSA) is 69.4 Å². The first kappa shape index (κ1) is 5.74. The van der Waals surface area contributed by atoms with Crippen LogP contribution in [0.15, 0.2) is 27.0 Å². The summed E-state index contributed by atoms with van der Waals surface area (Å²) < 4.78 is 4.29. The molecule has 1 heterocycles. The van der Waals surface area contributed by atoms with Crippen molar-refractivity contribution < 1.29 is 9.84 Å². The average molecular weight is 126 g/mol. The average Bonchev–Trinajstić information content (AvgIpc) is 2.37. The molecule has 0 saturated carbocycles. The molecule has 0 bridgehead atoms. The summed E-state index contributed by atoms with van der Waals surface area (Å²) in [4.78, 5) is 3.49. The van der Waals surface area contributed by atoms with E-state index in [0.29, 0.717) is 0 Å². The van der Waals surface area contributed by atoms with E-state index >= 15 is 0 Å². The molecule has 1 aliphatic rings. The Balaban J connectivity index is 2.81. The second-order valence-corrected chi connectivity index (χ2v) is 1.28. The van der Waals surface area contributed by atoms with Crippen molar-refractivity contribution in [1.29, 1.82) is 0 Å². The minimum absolute atomic E-state index is 0.00231. The second-order valence-electron chi connectivity index (χ2n) is 1.28. The van der Waals surface area contributed by atoms with E-state index in [1.54, 1.807) is 0 Å². The molecule has 0 amide bonds. The van der Waals surface area contributed by atoms with Gasteiger partial charge in [-0.1, -0.05) is 0 Å².